The maximum atomic E-state index is 12.8. The van der Waals surface area contributed by atoms with E-state index in [1.54, 1.807) is 6.07 Å². The highest BCUT2D eigenvalue weighted by molar-refractivity contribution is 5.97. The van der Waals surface area contributed by atoms with Crippen molar-refractivity contribution in [3.8, 4) is 0 Å². The van der Waals surface area contributed by atoms with Crippen LogP contribution in [0.3, 0.4) is 0 Å². The Labute approximate surface area is 167 Å². The molecule has 3 atom stereocenters. The van der Waals surface area contributed by atoms with Crippen molar-refractivity contribution in [3.05, 3.63) is 29.8 Å². The van der Waals surface area contributed by atoms with E-state index in [1.165, 1.54) is 0 Å². The van der Waals surface area contributed by atoms with E-state index in [1.807, 2.05) is 28.0 Å². The molecule has 4 rings (SSSR count). The first-order chi connectivity index (χ1) is 13.4. The number of benzene rings is 1. The summed E-state index contributed by atoms with van der Waals surface area (Å²) in [7, 11) is 6.28. The number of hydrogen-bond donors (Lipinski definition) is 1. The van der Waals surface area contributed by atoms with Gasteiger partial charge in [0.05, 0.1) is 0 Å². The summed E-state index contributed by atoms with van der Waals surface area (Å²) in [5, 5.41) is 2.98. The van der Waals surface area contributed by atoms with E-state index < -0.39 is 0 Å². The monoisotopic (exact) mass is 385 g/mol. The summed E-state index contributed by atoms with van der Waals surface area (Å²) in [5.41, 5.74) is 1.33. The summed E-state index contributed by atoms with van der Waals surface area (Å²) >= 11 is 0. The van der Waals surface area contributed by atoms with E-state index in [2.05, 4.69) is 36.3 Å². The van der Waals surface area contributed by atoms with Crippen LogP contribution in [0.4, 0.5) is 10.5 Å². The lowest BCUT2D eigenvalue weighted by Gasteiger charge is -2.32. The highest BCUT2D eigenvalue weighted by atomic mass is 16.2. The van der Waals surface area contributed by atoms with Gasteiger partial charge in [-0.25, -0.2) is 4.79 Å². The van der Waals surface area contributed by atoms with Crippen molar-refractivity contribution in [3.63, 3.8) is 0 Å². The molecule has 1 aliphatic carbocycles. The third kappa shape index (κ3) is 4.00. The largest absolute Gasteiger partial charge is 0.336 e. The zero-order valence-corrected chi connectivity index (χ0v) is 17.1. The Morgan fingerprint density at radius 1 is 1.07 bits per heavy atom. The minimum absolute atomic E-state index is 0.0399. The number of nitrogens with one attached hydrogen (secondary N) is 1. The molecule has 1 aromatic carbocycles. The van der Waals surface area contributed by atoms with Crippen LogP contribution in [0, 0.1) is 17.8 Å². The molecule has 0 bridgehead atoms. The van der Waals surface area contributed by atoms with Crippen molar-refractivity contribution in [1.82, 2.24) is 19.6 Å². The number of anilines is 1. The Kier molecular flexibility index (Phi) is 5.29. The van der Waals surface area contributed by atoms with Gasteiger partial charge in [-0.15, -0.1) is 0 Å². The molecule has 0 spiro atoms. The second-order valence-corrected chi connectivity index (χ2v) is 8.77. The standard InChI is InChI=1S/C21H31N5O2/c1-23(2)12-17-18-13-26(14-19(17)18)21(28)22-16-6-4-5-15(11-16)20(27)25-9-7-24(3)8-10-25/h4-6,11,17-19H,7-10,12-14H2,1-3H3,(H,22,28)/t17?,18-,19+. The number of carbonyl (C=O) groups excluding carboxylic acids is 2. The summed E-state index contributed by atoms with van der Waals surface area (Å²) < 4.78 is 0. The van der Waals surface area contributed by atoms with Gasteiger partial charge in [-0.3, -0.25) is 4.79 Å². The number of carbonyl (C=O) groups is 2. The summed E-state index contributed by atoms with van der Waals surface area (Å²) in [6.07, 6.45) is 0. The smallest absolute Gasteiger partial charge is 0.321 e. The Morgan fingerprint density at radius 2 is 1.75 bits per heavy atom. The van der Waals surface area contributed by atoms with Gasteiger partial charge in [0.1, 0.15) is 0 Å². The third-order valence-electron chi connectivity index (χ3n) is 6.39. The molecular weight excluding hydrogens is 354 g/mol. The maximum Gasteiger partial charge on any atom is 0.321 e. The normalized spacial score (nSPS) is 27.1. The number of nitrogens with zero attached hydrogens (tertiary/aromatic N) is 4. The summed E-state index contributed by atoms with van der Waals surface area (Å²) in [6, 6.07) is 7.26. The molecule has 3 amide bonds. The van der Waals surface area contributed by atoms with Crippen LogP contribution in [0.1, 0.15) is 10.4 Å². The lowest BCUT2D eigenvalue weighted by molar-refractivity contribution is 0.0664. The van der Waals surface area contributed by atoms with E-state index in [4.69, 9.17) is 0 Å². The lowest BCUT2D eigenvalue weighted by atomic mass is 10.1. The fraction of sp³-hybridized carbons (Fsp3) is 0.619. The van der Waals surface area contributed by atoms with Crippen LogP contribution in [0.15, 0.2) is 24.3 Å². The molecule has 1 saturated carbocycles. The van der Waals surface area contributed by atoms with Gasteiger partial charge < -0.3 is 24.9 Å². The minimum Gasteiger partial charge on any atom is -0.336 e. The number of fused-ring (bicyclic) bond motifs is 1. The van der Waals surface area contributed by atoms with Gasteiger partial charge in [0.2, 0.25) is 0 Å². The number of piperidine rings is 1. The second kappa shape index (κ2) is 7.72. The molecule has 152 valence electrons. The number of rotatable bonds is 4. The SMILES string of the molecule is CN(C)CC1[C@H]2CN(C(=O)Nc3cccc(C(=O)N4CCN(C)CC4)c3)C[C@@H]12. The van der Waals surface area contributed by atoms with E-state index in [-0.39, 0.29) is 11.9 Å². The number of likely N-dealkylation sites (tertiary alicyclic amines) is 1. The predicted octanol–water partition coefficient (Wildman–Crippen LogP) is 1.35. The van der Waals surface area contributed by atoms with Gasteiger partial charge in [-0.2, -0.15) is 0 Å². The van der Waals surface area contributed by atoms with Crippen LogP contribution in [0.5, 0.6) is 0 Å². The molecule has 2 aliphatic heterocycles. The Morgan fingerprint density at radius 3 is 2.39 bits per heavy atom. The van der Waals surface area contributed by atoms with Gasteiger partial charge in [-0.05, 0) is 57.1 Å². The average molecular weight is 386 g/mol. The van der Waals surface area contributed by atoms with Crippen LogP contribution in [-0.2, 0) is 0 Å². The van der Waals surface area contributed by atoms with Gasteiger partial charge in [0.25, 0.3) is 5.91 Å². The lowest BCUT2D eigenvalue weighted by Crippen LogP contribution is -2.47. The Bertz CT molecular complexity index is 732. The van der Waals surface area contributed by atoms with Crippen molar-refractivity contribution >= 4 is 17.6 Å². The molecule has 3 fully saturated rings. The predicted molar refractivity (Wildman–Crippen MR) is 109 cm³/mol. The summed E-state index contributed by atoms with van der Waals surface area (Å²) in [6.45, 7) is 6.08. The molecule has 7 nitrogen and oxygen atoms in total. The number of amides is 3. The van der Waals surface area contributed by atoms with E-state index in [9.17, 15) is 9.59 Å². The van der Waals surface area contributed by atoms with Crippen molar-refractivity contribution in [2.24, 2.45) is 17.8 Å². The number of likely N-dealkylation sites (N-methyl/N-ethyl adjacent to an activating group) is 1. The molecule has 1 unspecified atom stereocenters. The molecule has 3 aliphatic rings. The number of piperazine rings is 1. The first kappa shape index (κ1) is 19.2. The average Bonchev–Trinajstić information content (AvgIpc) is 3.10. The summed E-state index contributed by atoms with van der Waals surface area (Å²) in [4.78, 5) is 33.6. The van der Waals surface area contributed by atoms with Crippen molar-refractivity contribution in [2.75, 3.05) is 72.3 Å². The fourth-order valence-corrected chi connectivity index (χ4v) is 4.63. The van der Waals surface area contributed by atoms with Crippen LogP contribution in [0.25, 0.3) is 0 Å². The van der Waals surface area contributed by atoms with Crippen LogP contribution in [-0.4, -0.2) is 98.5 Å². The molecule has 0 aromatic heterocycles. The first-order valence-corrected chi connectivity index (χ1v) is 10.2. The number of hydrogen-bond acceptors (Lipinski definition) is 4. The molecule has 7 heteroatoms. The van der Waals surface area contributed by atoms with Crippen LogP contribution in [0.2, 0.25) is 0 Å². The molecule has 1 N–H and O–H groups in total. The Balaban J connectivity index is 1.32. The van der Waals surface area contributed by atoms with Crippen LogP contribution >= 0.6 is 0 Å². The van der Waals surface area contributed by atoms with Crippen LogP contribution < -0.4 is 5.32 Å². The van der Waals surface area contributed by atoms with Gasteiger partial charge in [-0.1, -0.05) is 6.07 Å². The molecule has 28 heavy (non-hydrogen) atoms. The zero-order valence-electron chi connectivity index (χ0n) is 17.1. The van der Waals surface area contributed by atoms with Gasteiger partial charge in [0.15, 0.2) is 0 Å². The van der Waals surface area contributed by atoms with Crippen molar-refractivity contribution in [1.29, 1.82) is 0 Å². The fourth-order valence-electron chi connectivity index (χ4n) is 4.63. The van der Waals surface area contributed by atoms with Gasteiger partial charge in [0, 0.05) is 57.1 Å². The maximum absolute atomic E-state index is 12.8. The minimum atomic E-state index is -0.0556. The van der Waals surface area contributed by atoms with E-state index >= 15 is 0 Å². The summed E-state index contributed by atoms with van der Waals surface area (Å²) in [5.74, 6) is 2.08. The van der Waals surface area contributed by atoms with E-state index in [0.29, 0.717) is 23.1 Å². The van der Waals surface area contributed by atoms with E-state index in [0.717, 1.165) is 51.7 Å². The number of urea groups is 1. The molecule has 0 radical (unpaired) electrons. The van der Waals surface area contributed by atoms with Crippen molar-refractivity contribution in [2.45, 2.75) is 0 Å². The Hall–Kier alpha value is -2.12. The second-order valence-electron chi connectivity index (χ2n) is 8.77. The molecule has 1 aromatic rings. The molecular formula is C21H31N5O2. The molecule has 2 saturated heterocycles. The first-order valence-electron chi connectivity index (χ1n) is 10.2. The zero-order chi connectivity index (χ0) is 19.8. The topological polar surface area (TPSA) is 59.1 Å². The van der Waals surface area contributed by atoms with Gasteiger partial charge >= 0.3 is 6.03 Å². The van der Waals surface area contributed by atoms with Crippen molar-refractivity contribution < 1.29 is 9.59 Å². The quantitative estimate of drug-likeness (QED) is 0.850. The molecule has 2 heterocycles. The highest BCUT2D eigenvalue weighted by Crippen LogP contribution is 2.51. The third-order valence-corrected chi connectivity index (χ3v) is 6.39. The highest BCUT2D eigenvalue weighted by Gasteiger charge is 2.56.